The number of hydrogen-bond donors (Lipinski definition) is 1. The fraction of sp³-hybridized carbons (Fsp3) is 0.400. The second-order valence-electron chi connectivity index (χ2n) is 3.07. The maximum absolute atomic E-state index is 5.63. The Hall–Kier alpha value is -1.22. The maximum atomic E-state index is 5.63. The first kappa shape index (κ1) is 8.38. The summed E-state index contributed by atoms with van der Waals surface area (Å²) in [4.78, 5) is 0. The molecule has 1 aliphatic heterocycles. The van der Waals surface area contributed by atoms with Gasteiger partial charge in [0, 0.05) is 13.1 Å². The molecule has 0 radical (unpaired) electrons. The van der Waals surface area contributed by atoms with Crippen LogP contribution in [-0.4, -0.2) is 26.3 Å². The zero-order chi connectivity index (χ0) is 9.10. The largest absolute Gasteiger partial charge is 0.497 e. The first-order valence-corrected chi connectivity index (χ1v) is 4.40. The van der Waals surface area contributed by atoms with Crippen LogP contribution < -0.4 is 14.8 Å². The van der Waals surface area contributed by atoms with E-state index in [4.69, 9.17) is 9.47 Å². The SMILES string of the molecule is COc1ccc(OC2CNC2)cc1. The number of nitrogens with one attached hydrogen (secondary N) is 1. The number of ether oxygens (including phenoxy) is 2. The maximum Gasteiger partial charge on any atom is 0.123 e. The fourth-order valence-corrected chi connectivity index (χ4v) is 1.19. The van der Waals surface area contributed by atoms with Crippen molar-refractivity contribution in [2.45, 2.75) is 6.10 Å². The van der Waals surface area contributed by atoms with Crippen molar-refractivity contribution in [2.75, 3.05) is 20.2 Å². The van der Waals surface area contributed by atoms with Crippen LogP contribution in [0.3, 0.4) is 0 Å². The van der Waals surface area contributed by atoms with Crippen LogP contribution in [0.4, 0.5) is 0 Å². The molecule has 0 amide bonds. The molecule has 13 heavy (non-hydrogen) atoms. The summed E-state index contributed by atoms with van der Waals surface area (Å²) in [5, 5.41) is 3.15. The molecule has 0 saturated carbocycles. The molecule has 0 unspecified atom stereocenters. The molecular formula is C10H13NO2. The lowest BCUT2D eigenvalue weighted by Gasteiger charge is -2.27. The molecule has 0 aromatic heterocycles. The van der Waals surface area contributed by atoms with Gasteiger partial charge in [0.2, 0.25) is 0 Å². The minimum Gasteiger partial charge on any atom is -0.497 e. The van der Waals surface area contributed by atoms with Crippen LogP contribution in [0.15, 0.2) is 24.3 Å². The first-order chi connectivity index (χ1) is 6.38. The van der Waals surface area contributed by atoms with E-state index in [2.05, 4.69) is 5.32 Å². The van der Waals surface area contributed by atoms with Gasteiger partial charge < -0.3 is 14.8 Å². The molecule has 0 spiro atoms. The predicted octanol–water partition coefficient (Wildman–Crippen LogP) is 1.05. The van der Waals surface area contributed by atoms with Crippen molar-refractivity contribution in [3.05, 3.63) is 24.3 Å². The Kier molecular flexibility index (Phi) is 2.36. The Labute approximate surface area is 77.7 Å². The molecule has 1 aromatic carbocycles. The normalized spacial score (nSPS) is 16.4. The minimum atomic E-state index is 0.341. The molecule has 0 atom stereocenters. The lowest BCUT2D eigenvalue weighted by atomic mass is 10.2. The van der Waals surface area contributed by atoms with E-state index in [1.54, 1.807) is 7.11 Å². The summed E-state index contributed by atoms with van der Waals surface area (Å²) < 4.78 is 10.7. The van der Waals surface area contributed by atoms with Crippen molar-refractivity contribution in [1.29, 1.82) is 0 Å². The van der Waals surface area contributed by atoms with Crippen molar-refractivity contribution in [3.8, 4) is 11.5 Å². The second-order valence-corrected chi connectivity index (χ2v) is 3.07. The quantitative estimate of drug-likeness (QED) is 0.752. The Morgan fingerprint density at radius 2 is 1.77 bits per heavy atom. The summed E-state index contributed by atoms with van der Waals surface area (Å²) in [7, 11) is 1.66. The highest BCUT2D eigenvalue weighted by atomic mass is 16.5. The van der Waals surface area contributed by atoms with Gasteiger partial charge in [0.15, 0.2) is 0 Å². The van der Waals surface area contributed by atoms with Crippen LogP contribution in [0.5, 0.6) is 11.5 Å². The predicted molar refractivity (Wildman–Crippen MR) is 50.3 cm³/mol. The summed E-state index contributed by atoms with van der Waals surface area (Å²) in [5.41, 5.74) is 0. The molecule has 1 N–H and O–H groups in total. The van der Waals surface area contributed by atoms with Gasteiger partial charge in [0.25, 0.3) is 0 Å². The van der Waals surface area contributed by atoms with E-state index < -0.39 is 0 Å². The Morgan fingerprint density at radius 1 is 1.15 bits per heavy atom. The van der Waals surface area contributed by atoms with Gasteiger partial charge in [-0.1, -0.05) is 0 Å². The summed E-state index contributed by atoms with van der Waals surface area (Å²) in [6, 6.07) is 7.66. The molecule has 1 heterocycles. The zero-order valence-corrected chi connectivity index (χ0v) is 7.62. The van der Waals surface area contributed by atoms with E-state index >= 15 is 0 Å². The van der Waals surface area contributed by atoms with Gasteiger partial charge in [0.05, 0.1) is 7.11 Å². The van der Waals surface area contributed by atoms with Gasteiger partial charge in [0.1, 0.15) is 17.6 Å². The van der Waals surface area contributed by atoms with Gasteiger partial charge in [-0.15, -0.1) is 0 Å². The average molecular weight is 179 g/mol. The van der Waals surface area contributed by atoms with Gasteiger partial charge in [-0.2, -0.15) is 0 Å². The zero-order valence-electron chi connectivity index (χ0n) is 7.62. The molecule has 1 saturated heterocycles. The Morgan fingerprint density at radius 3 is 2.23 bits per heavy atom. The summed E-state index contributed by atoms with van der Waals surface area (Å²) in [6.07, 6.45) is 0.341. The van der Waals surface area contributed by atoms with Crippen molar-refractivity contribution < 1.29 is 9.47 Å². The molecule has 3 heteroatoms. The molecule has 1 aliphatic rings. The summed E-state index contributed by atoms with van der Waals surface area (Å²) in [6.45, 7) is 1.90. The number of benzene rings is 1. The van der Waals surface area contributed by atoms with Crippen LogP contribution in [0.25, 0.3) is 0 Å². The molecule has 0 aliphatic carbocycles. The summed E-state index contributed by atoms with van der Waals surface area (Å²) in [5.74, 6) is 1.77. The van der Waals surface area contributed by atoms with Crippen molar-refractivity contribution in [3.63, 3.8) is 0 Å². The van der Waals surface area contributed by atoms with Crippen LogP contribution in [0.1, 0.15) is 0 Å². The molecule has 2 rings (SSSR count). The molecule has 0 bridgehead atoms. The third-order valence-corrected chi connectivity index (χ3v) is 2.11. The van der Waals surface area contributed by atoms with E-state index in [-0.39, 0.29) is 0 Å². The van der Waals surface area contributed by atoms with E-state index in [0.29, 0.717) is 6.10 Å². The van der Waals surface area contributed by atoms with E-state index in [1.807, 2.05) is 24.3 Å². The molecule has 70 valence electrons. The standard InChI is InChI=1S/C10H13NO2/c1-12-8-2-4-9(5-3-8)13-10-6-11-7-10/h2-5,10-11H,6-7H2,1H3. The van der Waals surface area contributed by atoms with Gasteiger partial charge in [-0.25, -0.2) is 0 Å². The number of hydrogen-bond acceptors (Lipinski definition) is 3. The van der Waals surface area contributed by atoms with Crippen LogP contribution >= 0.6 is 0 Å². The third-order valence-electron chi connectivity index (χ3n) is 2.11. The Balaban J connectivity index is 1.96. The van der Waals surface area contributed by atoms with Crippen LogP contribution in [0.2, 0.25) is 0 Å². The first-order valence-electron chi connectivity index (χ1n) is 4.40. The van der Waals surface area contributed by atoms with Crippen LogP contribution in [-0.2, 0) is 0 Å². The lowest BCUT2D eigenvalue weighted by molar-refractivity contribution is 0.142. The van der Waals surface area contributed by atoms with E-state index in [1.165, 1.54) is 0 Å². The molecule has 3 nitrogen and oxygen atoms in total. The second kappa shape index (κ2) is 3.66. The average Bonchev–Trinajstić information content (AvgIpc) is 2.12. The lowest BCUT2D eigenvalue weighted by Crippen LogP contribution is -2.50. The van der Waals surface area contributed by atoms with Crippen molar-refractivity contribution >= 4 is 0 Å². The number of rotatable bonds is 3. The highest BCUT2D eigenvalue weighted by molar-refractivity contribution is 5.31. The van der Waals surface area contributed by atoms with Crippen molar-refractivity contribution in [1.82, 2.24) is 5.32 Å². The monoisotopic (exact) mass is 179 g/mol. The topological polar surface area (TPSA) is 30.5 Å². The van der Waals surface area contributed by atoms with E-state index in [9.17, 15) is 0 Å². The van der Waals surface area contributed by atoms with Gasteiger partial charge in [-0.3, -0.25) is 0 Å². The van der Waals surface area contributed by atoms with Gasteiger partial charge in [-0.05, 0) is 24.3 Å². The Bertz CT molecular complexity index is 267. The molecule has 1 fully saturated rings. The van der Waals surface area contributed by atoms with E-state index in [0.717, 1.165) is 24.6 Å². The van der Waals surface area contributed by atoms with Gasteiger partial charge >= 0.3 is 0 Å². The van der Waals surface area contributed by atoms with Crippen molar-refractivity contribution in [2.24, 2.45) is 0 Å². The summed E-state index contributed by atoms with van der Waals surface area (Å²) >= 11 is 0. The fourth-order valence-electron chi connectivity index (χ4n) is 1.19. The molecular weight excluding hydrogens is 166 g/mol. The minimum absolute atomic E-state index is 0.341. The smallest absolute Gasteiger partial charge is 0.123 e. The number of methoxy groups -OCH3 is 1. The third kappa shape index (κ3) is 1.92. The highest BCUT2D eigenvalue weighted by Crippen LogP contribution is 2.18. The van der Waals surface area contributed by atoms with Crippen LogP contribution in [0, 0.1) is 0 Å². The molecule has 1 aromatic rings. The highest BCUT2D eigenvalue weighted by Gasteiger charge is 2.17.